The molecule has 1 aromatic rings. The lowest BCUT2D eigenvalue weighted by atomic mass is 9.84. The zero-order chi connectivity index (χ0) is 18.2. The van der Waals surface area contributed by atoms with Crippen LogP contribution in [0.2, 0.25) is 0 Å². The van der Waals surface area contributed by atoms with E-state index < -0.39 is 0 Å². The summed E-state index contributed by atoms with van der Waals surface area (Å²) < 4.78 is 11.6. The maximum atomic E-state index is 11.1. The van der Waals surface area contributed by atoms with E-state index in [2.05, 4.69) is 17.2 Å². The van der Waals surface area contributed by atoms with E-state index in [1.807, 2.05) is 26.0 Å². The average Bonchev–Trinajstić information content (AvgIpc) is 2.55. The molecule has 1 atom stereocenters. The van der Waals surface area contributed by atoms with Crippen LogP contribution in [0.3, 0.4) is 0 Å². The molecule has 0 bridgehead atoms. The molecule has 0 aromatic carbocycles. The topological polar surface area (TPSA) is 60.5 Å². The van der Waals surface area contributed by atoms with E-state index in [9.17, 15) is 4.79 Å². The third kappa shape index (κ3) is 7.32. The van der Waals surface area contributed by atoms with Crippen LogP contribution in [-0.2, 0) is 4.79 Å². The molecule has 5 nitrogen and oxygen atoms in total. The molecule has 0 spiro atoms. The summed E-state index contributed by atoms with van der Waals surface area (Å²) in [7, 11) is 0. The molecule has 0 saturated heterocycles. The zero-order valence-corrected chi connectivity index (χ0v) is 16.0. The summed E-state index contributed by atoms with van der Waals surface area (Å²) in [6.45, 7) is 7.63. The molecule has 0 radical (unpaired) electrons. The second kappa shape index (κ2) is 9.64. The number of ether oxygens (including phenoxy) is 2. The third-order valence-electron chi connectivity index (χ3n) is 4.62. The molecule has 1 aromatic heterocycles. The minimum Gasteiger partial charge on any atom is -0.489 e. The van der Waals surface area contributed by atoms with Crippen molar-refractivity contribution in [1.82, 2.24) is 10.3 Å². The second-order valence-electron chi connectivity index (χ2n) is 7.44. The Morgan fingerprint density at radius 2 is 1.96 bits per heavy atom. The molecule has 1 N–H and O–H groups in total. The molecule has 1 aliphatic carbocycles. The smallest absolute Gasteiger partial charge is 0.217 e. The van der Waals surface area contributed by atoms with Gasteiger partial charge in [-0.1, -0.05) is 0 Å². The predicted molar refractivity (Wildman–Crippen MR) is 98.9 cm³/mol. The van der Waals surface area contributed by atoms with Crippen LogP contribution >= 0.6 is 0 Å². The quantitative estimate of drug-likeness (QED) is 0.768. The summed E-state index contributed by atoms with van der Waals surface area (Å²) in [6.07, 6.45) is 8.95. The van der Waals surface area contributed by atoms with Gasteiger partial charge in [-0.15, -0.1) is 0 Å². The van der Waals surface area contributed by atoms with Gasteiger partial charge in [-0.25, -0.2) is 4.98 Å². The van der Waals surface area contributed by atoms with Crippen LogP contribution in [0.1, 0.15) is 66.2 Å². The lowest BCUT2D eigenvalue weighted by Gasteiger charge is -2.29. The van der Waals surface area contributed by atoms with Crippen molar-refractivity contribution in [3.63, 3.8) is 0 Å². The van der Waals surface area contributed by atoms with E-state index >= 15 is 0 Å². The van der Waals surface area contributed by atoms with E-state index in [4.69, 9.17) is 9.47 Å². The van der Waals surface area contributed by atoms with Gasteiger partial charge < -0.3 is 14.8 Å². The number of aromatic nitrogens is 1. The molecule has 1 saturated carbocycles. The number of hydrogen-bond acceptors (Lipinski definition) is 4. The molecular weight excluding hydrogens is 316 g/mol. The number of nitrogens with zero attached hydrogens (tertiary/aromatic N) is 1. The van der Waals surface area contributed by atoms with Crippen LogP contribution in [-0.4, -0.2) is 29.1 Å². The van der Waals surface area contributed by atoms with E-state index in [0.717, 1.165) is 30.9 Å². The Hall–Kier alpha value is -1.78. The Labute approximate surface area is 151 Å². The van der Waals surface area contributed by atoms with Gasteiger partial charge in [-0.2, -0.15) is 0 Å². The number of pyridine rings is 1. The van der Waals surface area contributed by atoms with Crippen molar-refractivity contribution >= 4 is 5.91 Å². The summed E-state index contributed by atoms with van der Waals surface area (Å²) in [4.78, 5) is 15.3. The number of hydrogen-bond donors (Lipinski definition) is 1. The molecular formula is C20H32N2O3. The van der Waals surface area contributed by atoms with Crippen LogP contribution in [0.5, 0.6) is 11.6 Å². The van der Waals surface area contributed by atoms with Crippen molar-refractivity contribution in [1.29, 1.82) is 0 Å². The van der Waals surface area contributed by atoms with E-state index in [1.54, 1.807) is 13.1 Å². The lowest BCUT2D eigenvalue weighted by Crippen LogP contribution is -2.31. The number of nitrogens with one attached hydrogen (secondary N) is 1. The summed E-state index contributed by atoms with van der Waals surface area (Å²) in [5.74, 6) is 2.26. The molecule has 1 heterocycles. The normalized spacial score (nSPS) is 21.6. The largest absolute Gasteiger partial charge is 0.489 e. The van der Waals surface area contributed by atoms with Gasteiger partial charge in [0.15, 0.2) is 0 Å². The Balaban J connectivity index is 1.69. The number of amides is 1. The number of carbonyl (C=O) groups is 1. The first-order valence-corrected chi connectivity index (χ1v) is 9.49. The maximum Gasteiger partial charge on any atom is 0.217 e. The van der Waals surface area contributed by atoms with E-state index in [-0.39, 0.29) is 24.2 Å². The molecule has 2 rings (SSSR count). The summed E-state index contributed by atoms with van der Waals surface area (Å²) in [5, 5.41) is 2.96. The van der Waals surface area contributed by atoms with Crippen LogP contribution in [0, 0.1) is 5.92 Å². The lowest BCUT2D eigenvalue weighted by molar-refractivity contribution is -0.119. The predicted octanol–water partition coefficient (Wildman–Crippen LogP) is 4.11. The van der Waals surface area contributed by atoms with Crippen molar-refractivity contribution in [3.05, 3.63) is 18.3 Å². The van der Waals surface area contributed by atoms with Crippen LogP contribution < -0.4 is 14.8 Å². The minimum atomic E-state index is 0.0584. The highest BCUT2D eigenvalue weighted by Gasteiger charge is 2.23. The highest BCUT2D eigenvalue weighted by Crippen LogP contribution is 2.30. The van der Waals surface area contributed by atoms with Gasteiger partial charge in [-0.05, 0) is 71.3 Å². The highest BCUT2D eigenvalue weighted by molar-refractivity contribution is 5.73. The average molecular weight is 348 g/mol. The molecule has 5 heteroatoms. The SMILES string of the molecule is CC(=O)N[C@@H](C)CCC1CCC(Oc2ccc(OC(C)C)nc2)CC1. The second-order valence-corrected chi connectivity index (χ2v) is 7.44. The highest BCUT2D eigenvalue weighted by atomic mass is 16.5. The maximum absolute atomic E-state index is 11.1. The van der Waals surface area contributed by atoms with Gasteiger partial charge in [0.2, 0.25) is 11.8 Å². The fraction of sp³-hybridized carbons (Fsp3) is 0.700. The van der Waals surface area contributed by atoms with Gasteiger partial charge in [-0.3, -0.25) is 4.79 Å². The number of carbonyl (C=O) groups excluding carboxylic acids is 1. The summed E-state index contributed by atoms with van der Waals surface area (Å²) >= 11 is 0. The molecule has 1 amide bonds. The van der Waals surface area contributed by atoms with Crippen LogP contribution in [0.25, 0.3) is 0 Å². The van der Waals surface area contributed by atoms with Crippen LogP contribution in [0.4, 0.5) is 0 Å². The Morgan fingerprint density at radius 1 is 1.24 bits per heavy atom. The Morgan fingerprint density at radius 3 is 2.52 bits per heavy atom. The van der Waals surface area contributed by atoms with Crippen molar-refractivity contribution in [2.45, 2.75) is 84.5 Å². The van der Waals surface area contributed by atoms with E-state index in [0.29, 0.717) is 5.88 Å². The third-order valence-corrected chi connectivity index (χ3v) is 4.62. The van der Waals surface area contributed by atoms with Gasteiger partial charge in [0.25, 0.3) is 0 Å². The Kier molecular flexibility index (Phi) is 7.53. The molecule has 140 valence electrons. The fourth-order valence-electron chi connectivity index (χ4n) is 3.38. The van der Waals surface area contributed by atoms with Gasteiger partial charge in [0.05, 0.1) is 18.4 Å². The first-order valence-electron chi connectivity index (χ1n) is 9.49. The fourth-order valence-corrected chi connectivity index (χ4v) is 3.38. The van der Waals surface area contributed by atoms with Gasteiger partial charge >= 0.3 is 0 Å². The summed E-state index contributed by atoms with van der Waals surface area (Å²) in [6, 6.07) is 4.07. The molecule has 1 fully saturated rings. The zero-order valence-electron chi connectivity index (χ0n) is 16.0. The summed E-state index contributed by atoms with van der Waals surface area (Å²) in [5.41, 5.74) is 0. The van der Waals surface area contributed by atoms with Gasteiger partial charge in [0, 0.05) is 19.0 Å². The van der Waals surface area contributed by atoms with Crippen molar-refractivity contribution in [3.8, 4) is 11.6 Å². The Bertz CT molecular complexity index is 522. The van der Waals surface area contributed by atoms with Gasteiger partial charge in [0.1, 0.15) is 5.75 Å². The minimum absolute atomic E-state index is 0.0584. The first kappa shape index (κ1) is 19.5. The molecule has 1 aliphatic rings. The van der Waals surface area contributed by atoms with Crippen molar-refractivity contribution < 1.29 is 14.3 Å². The van der Waals surface area contributed by atoms with Crippen LogP contribution in [0.15, 0.2) is 18.3 Å². The standard InChI is InChI=1S/C20H32N2O3/c1-14(2)24-20-12-11-19(13-21-20)25-18-9-7-17(8-10-18)6-5-15(3)22-16(4)23/h11-15,17-18H,5-10H2,1-4H3,(H,22,23)/t15-,17?,18?/m0/s1. The molecule has 0 unspecified atom stereocenters. The molecule has 0 aliphatic heterocycles. The van der Waals surface area contributed by atoms with Crippen molar-refractivity contribution in [2.24, 2.45) is 5.92 Å². The number of rotatable bonds is 8. The molecule has 25 heavy (non-hydrogen) atoms. The first-order chi connectivity index (χ1) is 11.9. The monoisotopic (exact) mass is 348 g/mol. The van der Waals surface area contributed by atoms with Crippen molar-refractivity contribution in [2.75, 3.05) is 0 Å². The van der Waals surface area contributed by atoms with E-state index in [1.165, 1.54) is 19.3 Å².